The van der Waals surface area contributed by atoms with Crippen LogP contribution in [0.25, 0.3) is 0 Å². The highest BCUT2D eigenvalue weighted by atomic mass is 16.5. The molecule has 0 aromatic heterocycles. The molecule has 6 heteroatoms. The van der Waals surface area contributed by atoms with Crippen molar-refractivity contribution in [2.24, 2.45) is 5.92 Å². The van der Waals surface area contributed by atoms with Crippen LogP contribution in [0.5, 0.6) is 0 Å². The van der Waals surface area contributed by atoms with Gasteiger partial charge in [0.1, 0.15) is 12.2 Å². The van der Waals surface area contributed by atoms with E-state index in [-0.39, 0.29) is 24.0 Å². The van der Waals surface area contributed by atoms with Crippen LogP contribution < -0.4 is 0 Å². The lowest BCUT2D eigenvalue weighted by atomic mass is 9.96. The quantitative estimate of drug-likeness (QED) is 0.761. The zero-order valence-corrected chi connectivity index (χ0v) is 11.6. The Labute approximate surface area is 113 Å². The lowest BCUT2D eigenvalue weighted by molar-refractivity contribution is -0.162. The Hall–Kier alpha value is -0.690. The van der Waals surface area contributed by atoms with Gasteiger partial charge in [0.05, 0.1) is 19.3 Å². The number of hydrogen-bond donors (Lipinski definition) is 1. The minimum absolute atomic E-state index is 0.00567. The van der Waals surface area contributed by atoms with Gasteiger partial charge >= 0.3 is 0 Å². The number of amides is 1. The van der Waals surface area contributed by atoms with Gasteiger partial charge in [0.2, 0.25) is 5.91 Å². The molecule has 0 radical (unpaired) electrons. The summed E-state index contributed by atoms with van der Waals surface area (Å²) in [6.45, 7) is 1.99. The van der Waals surface area contributed by atoms with Gasteiger partial charge in [0.15, 0.2) is 0 Å². The molecule has 2 heterocycles. The topological polar surface area (TPSA) is 68.2 Å². The number of methoxy groups -OCH3 is 1. The number of hydrogen-bond acceptors (Lipinski definition) is 5. The van der Waals surface area contributed by atoms with E-state index in [0.717, 1.165) is 12.8 Å². The van der Waals surface area contributed by atoms with Gasteiger partial charge in [-0.05, 0) is 12.8 Å². The molecule has 1 amide bonds. The van der Waals surface area contributed by atoms with Crippen molar-refractivity contribution in [2.75, 3.05) is 40.6 Å². The second-order valence-corrected chi connectivity index (χ2v) is 5.21. The van der Waals surface area contributed by atoms with Gasteiger partial charge in [-0.25, -0.2) is 0 Å². The number of ether oxygens (including phenoxy) is 3. The average Bonchev–Trinajstić information content (AvgIpc) is 2.47. The van der Waals surface area contributed by atoms with Gasteiger partial charge in [-0.2, -0.15) is 0 Å². The lowest BCUT2D eigenvalue weighted by Gasteiger charge is -2.40. The van der Waals surface area contributed by atoms with Crippen LogP contribution in [0.3, 0.4) is 0 Å². The maximum atomic E-state index is 12.4. The molecule has 0 aliphatic carbocycles. The van der Waals surface area contributed by atoms with E-state index in [1.165, 1.54) is 0 Å². The van der Waals surface area contributed by atoms with E-state index in [1.54, 1.807) is 19.1 Å². The Balaban J connectivity index is 1.97. The van der Waals surface area contributed by atoms with Crippen molar-refractivity contribution in [2.45, 2.75) is 31.1 Å². The van der Waals surface area contributed by atoms with Crippen LogP contribution in [0.4, 0.5) is 0 Å². The second-order valence-electron chi connectivity index (χ2n) is 5.21. The van der Waals surface area contributed by atoms with E-state index >= 15 is 0 Å². The molecule has 2 rings (SSSR count). The summed E-state index contributed by atoms with van der Waals surface area (Å²) in [7, 11) is 3.27. The Morgan fingerprint density at radius 2 is 1.95 bits per heavy atom. The van der Waals surface area contributed by atoms with Crippen LogP contribution in [-0.4, -0.2) is 74.7 Å². The molecule has 2 aliphatic rings. The van der Waals surface area contributed by atoms with Crippen LogP contribution in [-0.2, 0) is 19.0 Å². The molecular weight excluding hydrogens is 250 g/mol. The van der Waals surface area contributed by atoms with Crippen LogP contribution in [0.1, 0.15) is 12.8 Å². The molecule has 2 saturated heterocycles. The maximum Gasteiger partial charge on any atom is 0.226 e. The van der Waals surface area contributed by atoms with E-state index in [4.69, 9.17) is 14.2 Å². The van der Waals surface area contributed by atoms with Crippen LogP contribution >= 0.6 is 0 Å². The summed E-state index contributed by atoms with van der Waals surface area (Å²) in [6, 6.07) is -0.339. The molecular formula is C13H23NO5. The third kappa shape index (κ3) is 3.25. The normalized spacial score (nSPS) is 33.1. The summed E-state index contributed by atoms with van der Waals surface area (Å²) in [4.78, 5) is 14.0. The van der Waals surface area contributed by atoms with Gasteiger partial charge in [0.25, 0.3) is 0 Å². The zero-order valence-electron chi connectivity index (χ0n) is 11.6. The maximum absolute atomic E-state index is 12.4. The number of carbonyl (C=O) groups is 1. The summed E-state index contributed by atoms with van der Waals surface area (Å²) in [5, 5.41) is 10.2. The fourth-order valence-corrected chi connectivity index (χ4v) is 2.69. The highest BCUT2D eigenvalue weighted by molar-refractivity contribution is 5.79. The lowest BCUT2D eigenvalue weighted by Crippen LogP contribution is -2.57. The number of aliphatic hydroxyl groups excluding tert-OH is 1. The third-order valence-electron chi connectivity index (χ3n) is 4.06. The fraction of sp³-hybridized carbons (Fsp3) is 0.923. The Kier molecular flexibility index (Phi) is 5.15. The van der Waals surface area contributed by atoms with Gasteiger partial charge in [0, 0.05) is 33.3 Å². The molecule has 2 fully saturated rings. The predicted molar refractivity (Wildman–Crippen MR) is 67.7 cm³/mol. The van der Waals surface area contributed by atoms with E-state index in [2.05, 4.69) is 0 Å². The Morgan fingerprint density at radius 1 is 1.26 bits per heavy atom. The smallest absolute Gasteiger partial charge is 0.226 e. The minimum Gasteiger partial charge on any atom is -0.388 e. The Morgan fingerprint density at radius 3 is 2.58 bits per heavy atom. The number of rotatable bonds is 3. The molecule has 0 aromatic carbocycles. The summed E-state index contributed by atoms with van der Waals surface area (Å²) in [5.41, 5.74) is 0. The molecule has 0 bridgehead atoms. The molecule has 0 aromatic rings. The number of likely N-dealkylation sites (N-methyl/N-ethyl adjacent to an activating group) is 1. The van der Waals surface area contributed by atoms with Crippen molar-refractivity contribution in [3.63, 3.8) is 0 Å². The van der Waals surface area contributed by atoms with Crippen LogP contribution in [0.2, 0.25) is 0 Å². The van der Waals surface area contributed by atoms with Gasteiger partial charge < -0.3 is 24.2 Å². The van der Waals surface area contributed by atoms with Crippen molar-refractivity contribution in [1.82, 2.24) is 4.90 Å². The molecule has 0 unspecified atom stereocenters. The SMILES string of the molecule is CO[C@@H]1COC[C@@H](N(C)C(=O)C2CCOCC2)[C@@H]1O. The highest BCUT2D eigenvalue weighted by Gasteiger charge is 2.38. The van der Waals surface area contributed by atoms with Crippen LogP contribution in [0, 0.1) is 5.92 Å². The molecule has 110 valence electrons. The first-order chi connectivity index (χ1) is 9.15. The molecule has 1 N–H and O–H groups in total. The minimum atomic E-state index is -0.701. The predicted octanol–water partition coefficient (Wildman–Crippen LogP) is -0.354. The number of nitrogens with zero attached hydrogens (tertiary/aromatic N) is 1. The standard InChI is InChI=1S/C13H23NO5/c1-14(13(16)9-3-5-18-6-4-9)10-7-19-8-11(17-2)12(10)15/h9-12,15H,3-8H2,1-2H3/t10-,11-,12+/m1/s1. The van der Waals surface area contributed by atoms with E-state index in [1.807, 2.05) is 0 Å². The molecule has 0 spiro atoms. The molecule has 3 atom stereocenters. The highest BCUT2D eigenvalue weighted by Crippen LogP contribution is 2.22. The number of carbonyl (C=O) groups excluding carboxylic acids is 1. The first-order valence-corrected chi connectivity index (χ1v) is 6.78. The second kappa shape index (κ2) is 6.65. The van der Waals surface area contributed by atoms with Gasteiger partial charge in [-0.1, -0.05) is 0 Å². The summed E-state index contributed by atoms with van der Waals surface area (Å²) in [6.07, 6.45) is 0.428. The first-order valence-electron chi connectivity index (χ1n) is 6.78. The van der Waals surface area contributed by atoms with Gasteiger partial charge in [-0.15, -0.1) is 0 Å². The van der Waals surface area contributed by atoms with Crippen LogP contribution in [0.15, 0.2) is 0 Å². The molecule has 6 nitrogen and oxygen atoms in total. The van der Waals surface area contributed by atoms with E-state index < -0.39 is 6.10 Å². The van der Waals surface area contributed by atoms with Crippen molar-refractivity contribution in [1.29, 1.82) is 0 Å². The molecule has 19 heavy (non-hydrogen) atoms. The summed E-state index contributed by atoms with van der Waals surface area (Å²) in [5.74, 6) is 0.0570. The summed E-state index contributed by atoms with van der Waals surface area (Å²) < 4.78 is 15.9. The molecule has 0 saturated carbocycles. The molecule has 2 aliphatic heterocycles. The first kappa shape index (κ1) is 14.7. The summed E-state index contributed by atoms with van der Waals surface area (Å²) >= 11 is 0. The van der Waals surface area contributed by atoms with Crippen molar-refractivity contribution >= 4 is 5.91 Å². The van der Waals surface area contributed by atoms with Crippen molar-refractivity contribution in [3.05, 3.63) is 0 Å². The monoisotopic (exact) mass is 273 g/mol. The largest absolute Gasteiger partial charge is 0.388 e. The fourth-order valence-electron chi connectivity index (χ4n) is 2.69. The third-order valence-corrected chi connectivity index (χ3v) is 4.06. The van der Waals surface area contributed by atoms with Gasteiger partial charge in [-0.3, -0.25) is 4.79 Å². The Bertz CT molecular complexity index is 305. The van der Waals surface area contributed by atoms with E-state index in [0.29, 0.717) is 26.4 Å². The van der Waals surface area contributed by atoms with E-state index in [9.17, 15) is 9.90 Å². The zero-order chi connectivity index (χ0) is 13.8. The van der Waals surface area contributed by atoms with Crippen molar-refractivity contribution < 1.29 is 24.1 Å². The average molecular weight is 273 g/mol. The van der Waals surface area contributed by atoms with Crippen molar-refractivity contribution in [3.8, 4) is 0 Å². The number of aliphatic hydroxyl groups is 1.